The van der Waals surface area contributed by atoms with Gasteiger partial charge in [-0.15, -0.1) is 0 Å². The first-order valence-corrected chi connectivity index (χ1v) is 6.53. The lowest BCUT2D eigenvalue weighted by molar-refractivity contribution is -0.135. The van der Waals surface area contributed by atoms with Crippen molar-refractivity contribution in [1.82, 2.24) is 10.2 Å². The van der Waals surface area contributed by atoms with Gasteiger partial charge in [-0.3, -0.25) is 4.79 Å². The highest BCUT2D eigenvalue weighted by Crippen LogP contribution is 2.11. The molecular formula is C13H26N2O. The number of nitrogens with zero attached hydrogens (tertiary/aromatic N) is 1. The monoisotopic (exact) mass is 226 g/mol. The Morgan fingerprint density at radius 2 is 2.06 bits per heavy atom. The third kappa shape index (κ3) is 4.12. The third-order valence-electron chi connectivity index (χ3n) is 2.99. The Labute approximate surface area is 99.6 Å². The average molecular weight is 226 g/mol. The summed E-state index contributed by atoms with van der Waals surface area (Å²) in [5.41, 5.74) is 0. The van der Waals surface area contributed by atoms with E-state index in [1.165, 1.54) is 12.8 Å². The smallest absolute Gasteiger partial charge is 0.225 e. The fraction of sp³-hybridized carbons (Fsp3) is 0.923. The second kappa shape index (κ2) is 6.24. The molecule has 1 N–H and O–H groups in total. The average Bonchev–Trinajstić information content (AvgIpc) is 2.67. The Morgan fingerprint density at radius 3 is 2.50 bits per heavy atom. The molecule has 3 nitrogen and oxygen atoms in total. The zero-order valence-corrected chi connectivity index (χ0v) is 11.1. The van der Waals surface area contributed by atoms with Gasteiger partial charge in [0.25, 0.3) is 0 Å². The van der Waals surface area contributed by atoms with Gasteiger partial charge in [0.05, 0.1) is 0 Å². The lowest BCUT2D eigenvalue weighted by atomic mass is 10.1. The van der Waals surface area contributed by atoms with Gasteiger partial charge in [0.2, 0.25) is 5.91 Å². The minimum Gasteiger partial charge on any atom is -0.341 e. The second-order valence-corrected chi connectivity index (χ2v) is 5.59. The highest BCUT2D eigenvalue weighted by molar-refractivity contribution is 5.78. The molecule has 16 heavy (non-hydrogen) atoms. The first-order valence-electron chi connectivity index (χ1n) is 6.53. The summed E-state index contributed by atoms with van der Waals surface area (Å²) in [6.45, 7) is 11.2. The van der Waals surface area contributed by atoms with Crippen molar-refractivity contribution in [2.24, 2.45) is 11.8 Å². The van der Waals surface area contributed by atoms with Crippen molar-refractivity contribution < 1.29 is 4.79 Å². The van der Waals surface area contributed by atoms with Crippen molar-refractivity contribution in [3.05, 3.63) is 0 Å². The number of hydrogen-bond donors (Lipinski definition) is 1. The van der Waals surface area contributed by atoms with Gasteiger partial charge >= 0.3 is 0 Å². The fourth-order valence-electron chi connectivity index (χ4n) is 2.24. The molecule has 0 saturated carbocycles. The zero-order chi connectivity index (χ0) is 12.1. The molecule has 1 rings (SSSR count). The van der Waals surface area contributed by atoms with Crippen LogP contribution in [0.3, 0.4) is 0 Å². The van der Waals surface area contributed by atoms with E-state index in [0.717, 1.165) is 19.6 Å². The molecule has 1 unspecified atom stereocenters. The van der Waals surface area contributed by atoms with Crippen molar-refractivity contribution in [2.75, 3.05) is 19.6 Å². The maximum atomic E-state index is 12.1. The van der Waals surface area contributed by atoms with Gasteiger partial charge in [0.15, 0.2) is 0 Å². The number of rotatable bonds is 5. The highest BCUT2D eigenvalue weighted by atomic mass is 16.2. The highest BCUT2D eigenvalue weighted by Gasteiger charge is 2.23. The van der Waals surface area contributed by atoms with Crippen LogP contribution in [-0.2, 0) is 4.79 Å². The Bertz CT molecular complexity index is 220. The van der Waals surface area contributed by atoms with Gasteiger partial charge in [0.1, 0.15) is 0 Å². The van der Waals surface area contributed by atoms with Gasteiger partial charge in [0, 0.05) is 25.0 Å². The van der Waals surface area contributed by atoms with E-state index in [9.17, 15) is 4.79 Å². The van der Waals surface area contributed by atoms with Crippen LogP contribution in [0.5, 0.6) is 0 Å². The molecule has 1 fully saturated rings. The molecule has 1 saturated heterocycles. The van der Waals surface area contributed by atoms with Crippen molar-refractivity contribution in [3.8, 4) is 0 Å². The molecule has 0 aromatic heterocycles. The minimum absolute atomic E-state index is 0.111. The molecule has 1 aliphatic rings. The number of amides is 1. The third-order valence-corrected chi connectivity index (χ3v) is 2.99. The molecule has 1 atom stereocenters. The van der Waals surface area contributed by atoms with E-state index >= 15 is 0 Å². The van der Waals surface area contributed by atoms with E-state index in [2.05, 4.69) is 19.2 Å². The molecular weight excluding hydrogens is 200 g/mol. The van der Waals surface area contributed by atoms with E-state index in [-0.39, 0.29) is 5.92 Å². The molecule has 1 amide bonds. The van der Waals surface area contributed by atoms with Crippen LogP contribution < -0.4 is 5.32 Å². The van der Waals surface area contributed by atoms with Crippen LogP contribution in [0.15, 0.2) is 0 Å². The molecule has 0 radical (unpaired) electrons. The van der Waals surface area contributed by atoms with Crippen LogP contribution in [0.2, 0.25) is 0 Å². The predicted octanol–water partition coefficient (Wildman–Crippen LogP) is 1.88. The number of hydrogen-bond acceptors (Lipinski definition) is 2. The van der Waals surface area contributed by atoms with Gasteiger partial charge in [-0.2, -0.15) is 0 Å². The Balaban J connectivity index is 2.51. The largest absolute Gasteiger partial charge is 0.341 e. The van der Waals surface area contributed by atoms with Gasteiger partial charge in [-0.25, -0.2) is 0 Å². The van der Waals surface area contributed by atoms with Crippen LogP contribution in [0.1, 0.15) is 40.5 Å². The maximum absolute atomic E-state index is 12.1. The normalized spacial score (nSPS) is 20.8. The van der Waals surface area contributed by atoms with Crippen LogP contribution in [0.4, 0.5) is 0 Å². The minimum atomic E-state index is 0.111. The predicted molar refractivity (Wildman–Crippen MR) is 67.3 cm³/mol. The van der Waals surface area contributed by atoms with E-state index in [4.69, 9.17) is 0 Å². The number of nitrogens with one attached hydrogen (secondary N) is 1. The lowest BCUT2D eigenvalue weighted by Crippen LogP contribution is -2.44. The quantitative estimate of drug-likeness (QED) is 0.776. The summed E-state index contributed by atoms with van der Waals surface area (Å²) in [6.07, 6.45) is 2.45. The number of carbonyl (C=O) groups is 1. The van der Waals surface area contributed by atoms with E-state index < -0.39 is 0 Å². The molecule has 0 aromatic rings. The molecule has 0 spiro atoms. The Kier molecular flexibility index (Phi) is 5.26. The molecule has 1 heterocycles. The Hall–Kier alpha value is -0.570. The van der Waals surface area contributed by atoms with E-state index in [1.54, 1.807) is 0 Å². The van der Waals surface area contributed by atoms with E-state index in [0.29, 0.717) is 17.9 Å². The molecule has 0 bridgehead atoms. The Morgan fingerprint density at radius 1 is 1.38 bits per heavy atom. The summed E-state index contributed by atoms with van der Waals surface area (Å²) in [5.74, 6) is 0.951. The van der Waals surface area contributed by atoms with Crippen LogP contribution in [0, 0.1) is 11.8 Å². The molecule has 3 heteroatoms. The molecule has 0 aliphatic carbocycles. The summed E-state index contributed by atoms with van der Waals surface area (Å²) < 4.78 is 0. The summed E-state index contributed by atoms with van der Waals surface area (Å²) in [6, 6.07) is 0.515. The topological polar surface area (TPSA) is 32.3 Å². The number of carbonyl (C=O) groups excluding carboxylic acids is 1. The molecule has 1 aliphatic heterocycles. The van der Waals surface area contributed by atoms with Gasteiger partial charge < -0.3 is 10.2 Å². The van der Waals surface area contributed by atoms with Crippen molar-refractivity contribution in [2.45, 2.75) is 46.6 Å². The zero-order valence-electron chi connectivity index (χ0n) is 11.1. The SMILES string of the molecule is CC(C)CN(CC1CCCN1)C(=O)C(C)C. The molecule has 94 valence electrons. The summed E-state index contributed by atoms with van der Waals surface area (Å²) >= 11 is 0. The van der Waals surface area contributed by atoms with Crippen LogP contribution in [0.25, 0.3) is 0 Å². The summed E-state index contributed by atoms with van der Waals surface area (Å²) in [7, 11) is 0. The van der Waals surface area contributed by atoms with Crippen LogP contribution >= 0.6 is 0 Å². The fourth-order valence-corrected chi connectivity index (χ4v) is 2.24. The summed E-state index contributed by atoms with van der Waals surface area (Å²) in [4.78, 5) is 14.1. The van der Waals surface area contributed by atoms with Gasteiger partial charge in [-0.05, 0) is 25.3 Å². The van der Waals surface area contributed by atoms with Crippen molar-refractivity contribution in [1.29, 1.82) is 0 Å². The lowest BCUT2D eigenvalue weighted by Gasteiger charge is -2.29. The second-order valence-electron chi connectivity index (χ2n) is 5.59. The van der Waals surface area contributed by atoms with E-state index in [1.807, 2.05) is 18.7 Å². The van der Waals surface area contributed by atoms with Crippen LogP contribution in [-0.4, -0.2) is 36.5 Å². The maximum Gasteiger partial charge on any atom is 0.225 e. The first-order chi connectivity index (χ1) is 7.50. The summed E-state index contributed by atoms with van der Waals surface area (Å²) in [5, 5.41) is 3.46. The van der Waals surface area contributed by atoms with Gasteiger partial charge in [-0.1, -0.05) is 27.7 Å². The van der Waals surface area contributed by atoms with Crippen molar-refractivity contribution in [3.63, 3.8) is 0 Å². The standard InChI is InChI=1S/C13H26N2O/c1-10(2)8-15(13(16)11(3)4)9-12-6-5-7-14-12/h10-12,14H,5-9H2,1-4H3. The first kappa shape index (κ1) is 13.5. The molecule has 0 aromatic carbocycles. The van der Waals surface area contributed by atoms with Crippen molar-refractivity contribution >= 4 is 5.91 Å².